The van der Waals surface area contributed by atoms with Crippen LogP contribution in [0.2, 0.25) is 0 Å². The van der Waals surface area contributed by atoms with Crippen LogP contribution in [0, 0.1) is 0 Å². The van der Waals surface area contributed by atoms with Gasteiger partial charge in [0.05, 0.1) is 27.7 Å². The van der Waals surface area contributed by atoms with E-state index < -0.39 is 0 Å². The molecule has 0 spiro atoms. The van der Waals surface area contributed by atoms with Crippen molar-refractivity contribution in [2.75, 3.05) is 5.32 Å². The molecule has 1 amide bonds. The maximum absolute atomic E-state index is 13.3. The minimum Gasteiger partial charge on any atom is -0.322 e. The minimum absolute atomic E-state index is 0.128. The number of aryl methyl sites for hydroxylation is 1. The summed E-state index contributed by atoms with van der Waals surface area (Å²) in [7, 11) is 1.90. The summed E-state index contributed by atoms with van der Waals surface area (Å²) in [6, 6.07) is 13.6. The summed E-state index contributed by atoms with van der Waals surface area (Å²) in [5, 5.41) is 19.0. The molecule has 0 aliphatic rings. The highest BCUT2D eigenvalue weighted by Crippen LogP contribution is 2.30. The van der Waals surface area contributed by atoms with Gasteiger partial charge in [-0.25, -0.2) is 9.67 Å². The fourth-order valence-corrected chi connectivity index (χ4v) is 4.86. The monoisotopic (exact) mass is 475 g/mol. The van der Waals surface area contributed by atoms with Crippen molar-refractivity contribution < 1.29 is 4.79 Å². The van der Waals surface area contributed by atoms with Crippen LogP contribution in [0.1, 0.15) is 30.2 Å². The molecule has 166 valence electrons. The number of anilines is 1. The second-order valence-corrected chi connectivity index (χ2v) is 9.75. The number of pyridine rings is 1. The fourth-order valence-electron chi connectivity index (χ4n) is 3.41. The van der Waals surface area contributed by atoms with Crippen LogP contribution in [0.5, 0.6) is 0 Å². The number of aromatic nitrogens is 6. The van der Waals surface area contributed by atoms with Gasteiger partial charge in [0.2, 0.25) is 0 Å². The molecule has 1 N–H and O–H groups in total. The van der Waals surface area contributed by atoms with Crippen LogP contribution < -0.4 is 5.32 Å². The van der Waals surface area contributed by atoms with E-state index in [1.54, 1.807) is 23.9 Å². The van der Waals surface area contributed by atoms with Crippen LogP contribution in [0.15, 0.2) is 70.4 Å². The molecule has 0 atom stereocenters. The molecule has 0 fully saturated rings. The molecule has 0 radical (unpaired) electrons. The van der Waals surface area contributed by atoms with Crippen LogP contribution in [0.3, 0.4) is 0 Å². The van der Waals surface area contributed by atoms with Crippen LogP contribution in [0.4, 0.5) is 5.69 Å². The van der Waals surface area contributed by atoms with Gasteiger partial charge in [-0.3, -0.25) is 4.79 Å². The van der Waals surface area contributed by atoms with Gasteiger partial charge in [0.1, 0.15) is 6.33 Å². The zero-order chi connectivity index (χ0) is 22.9. The number of benzene rings is 1. The number of nitrogens with zero attached hydrogens (tertiary/aromatic N) is 6. The predicted molar refractivity (Wildman–Crippen MR) is 131 cm³/mol. The van der Waals surface area contributed by atoms with Crippen molar-refractivity contribution in [1.82, 2.24) is 29.5 Å². The Balaban J connectivity index is 1.45. The predicted octanol–water partition coefficient (Wildman–Crippen LogP) is 5.27. The molecule has 0 aliphatic carbocycles. The number of carbonyl (C=O) groups is 1. The van der Waals surface area contributed by atoms with Crippen LogP contribution in [-0.4, -0.2) is 35.4 Å². The average Bonchev–Trinajstić information content (AvgIpc) is 3.56. The summed E-state index contributed by atoms with van der Waals surface area (Å²) in [5.41, 5.74) is 2.73. The zero-order valence-electron chi connectivity index (χ0n) is 18.3. The van der Waals surface area contributed by atoms with Gasteiger partial charge in [0, 0.05) is 23.7 Å². The number of carbonyl (C=O) groups excluding carboxylic acids is 1. The molecule has 33 heavy (non-hydrogen) atoms. The first-order valence-electron chi connectivity index (χ1n) is 10.3. The van der Waals surface area contributed by atoms with E-state index in [9.17, 15) is 4.79 Å². The first kappa shape index (κ1) is 21.4. The lowest BCUT2D eigenvalue weighted by molar-refractivity contribution is 0.102. The Hall–Kier alpha value is -3.50. The maximum Gasteiger partial charge on any atom is 0.256 e. The van der Waals surface area contributed by atoms with E-state index in [2.05, 4.69) is 20.6 Å². The van der Waals surface area contributed by atoms with Gasteiger partial charge < -0.3 is 9.88 Å². The highest BCUT2D eigenvalue weighted by atomic mass is 32.2. The number of rotatable bonds is 6. The van der Waals surface area contributed by atoms with E-state index in [0.29, 0.717) is 16.9 Å². The van der Waals surface area contributed by atoms with Gasteiger partial charge in [-0.15, -0.1) is 21.5 Å². The van der Waals surface area contributed by atoms with Crippen molar-refractivity contribution in [2.24, 2.45) is 7.05 Å². The summed E-state index contributed by atoms with van der Waals surface area (Å²) in [6.07, 6.45) is 3.38. The highest BCUT2D eigenvalue weighted by Gasteiger charge is 2.19. The van der Waals surface area contributed by atoms with Crippen LogP contribution in [0.25, 0.3) is 21.6 Å². The summed E-state index contributed by atoms with van der Waals surface area (Å²) < 4.78 is 3.71. The first-order valence-corrected chi connectivity index (χ1v) is 12.0. The summed E-state index contributed by atoms with van der Waals surface area (Å²) in [5.74, 6) is -0.197. The Labute approximate surface area is 198 Å². The van der Waals surface area contributed by atoms with Crippen molar-refractivity contribution >= 4 is 45.7 Å². The smallest absolute Gasteiger partial charge is 0.256 e. The lowest BCUT2D eigenvalue weighted by atomic mass is 10.1. The van der Waals surface area contributed by atoms with E-state index in [-0.39, 0.29) is 11.9 Å². The van der Waals surface area contributed by atoms with Gasteiger partial charge in [-0.2, -0.15) is 5.10 Å². The molecule has 5 aromatic rings. The highest BCUT2D eigenvalue weighted by molar-refractivity contribution is 7.99. The van der Waals surface area contributed by atoms with E-state index in [1.807, 2.05) is 78.0 Å². The number of fused-ring (bicyclic) bond motifs is 1. The van der Waals surface area contributed by atoms with E-state index >= 15 is 0 Å². The minimum atomic E-state index is -0.197. The quantitative estimate of drug-likeness (QED) is 0.360. The average molecular weight is 476 g/mol. The van der Waals surface area contributed by atoms with Gasteiger partial charge in [0.25, 0.3) is 5.91 Å². The third-order valence-electron chi connectivity index (χ3n) is 5.07. The maximum atomic E-state index is 13.3. The molecule has 5 rings (SSSR count). The molecule has 0 bridgehead atoms. The van der Waals surface area contributed by atoms with Crippen molar-refractivity contribution in [1.29, 1.82) is 0 Å². The third kappa shape index (κ3) is 4.27. The Morgan fingerprint density at radius 3 is 2.67 bits per heavy atom. The fraction of sp³-hybridized carbons (Fsp3) is 0.174. The largest absolute Gasteiger partial charge is 0.322 e. The molecule has 4 heterocycles. The molecular formula is C23H21N7OS2. The third-order valence-corrected chi connectivity index (χ3v) is 7.02. The summed E-state index contributed by atoms with van der Waals surface area (Å²) >= 11 is 3.10. The zero-order valence-corrected chi connectivity index (χ0v) is 19.9. The number of hydrogen-bond donors (Lipinski definition) is 1. The second kappa shape index (κ2) is 8.80. The molecule has 0 unspecified atom stereocenters. The molecule has 0 aliphatic heterocycles. The van der Waals surface area contributed by atoms with Gasteiger partial charge >= 0.3 is 0 Å². The Morgan fingerprint density at radius 1 is 1.18 bits per heavy atom. The summed E-state index contributed by atoms with van der Waals surface area (Å²) in [4.78, 5) is 20.1. The number of nitrogens with one attached hydrogen (secondary N) is 1. The Bertz CT molecular complexity index is 1420. The van der Waals surface area contributed by atoms with Gasteiger partial charge in [0.15, 0.2) is 10.8 Å². The number of hydrogen-bond acceptors (Lipinski definition) is 7. The standard InChI is InChI=1S/C23H21N7OS2/c1-14(2)30-21-18(12-25-30)17(11-19(27-21)20-5-4-10-32-20)22(31)26-15-6-8-16(9-7-15)33-23-28-24-13-29(23)3/h4-14H,1-3H3,(H,26,31). The second-order valence-electron chi connectivity index (χ2n) is 7.76. The molecule has 4 aromatic heterocycles. The normalized spacial score (nSPS) is 11.4. The Kier molecular flexibility index (Phi) is 5.69. The van der Waals surface area contributed by atoms with E-state index in [0.717, 1.165) is 26.0 Å². The topological polar surface area (TPSA) is 90.5 Å². The van der Waals surface area contributed by atoms with Crippen molar-refractivity contribution in [3.05, 3.63) is 65.9 Å². The first-order chi connectivity index (χ1) is 16.0. The lowest BCUT2D eigenvalue weighted by Gasteiger charge is -2.11. The molecule has 10 heteroatoms. The SMILES string of the molecule is CC(C)n1ncc2c(C(=O)Nc3ccc(Sc4nncn4C)cc3)cc(-c3cccs3)nc21. The van der Waals surface area contributed by atoms with Crippen molar-refractivity contribution in [2.45, 2.75) is 29.9 Å². The molecule has 0 saturated heterocycles. The Morgan fingerprint density at radius 2 is 2.00 bits per heavy atom. The molecule has 8 nitrogen and oxygen atoms in total. The van der Waals surface area contributed by atoms with Crippen LogP contribution in [-0.2, 0) is 7.05 Å². The number of thiophene rings is 1. The van der Waals surface area contributed by atoms with Gasteiger partial charge in [-0.1, -0.05) is 6.07 Å². The van der Waals surface area contributed by atoms with E-state index in [1.165, 1.54) is 11.8 Å². The van der Waals surface area contributed by atoms with Crippen molar-refractivity contribution in [3.8, 4) is 10.6 Å². The lowest BCUT2D eigenvalue weighted by Crippen LogP contribution is -2.13. The number of amides is 1. The molecular weight excluding hydrogens is 454 g/mol. The van der Waals surface area contributed by atoms with E-state index in [4.69, 9.17) is 4.98 Å². The van der Waals surface area contributed by atoms with Crippen molar-refractivity contribution in [3.63, 3.8) is 0 Å². The van der Waals surface area contributed by atoms with Gasteiger partial charge in [-0.05, 0) is 67.4 Å². The summed E-state index contributed by atoms with van der Waals surface area (Å²) in [6.45, 7) is 4.10. The molecule has 1 aromatic carbocycles. The van der Waals surface area contributed by atoms with Crippen LogP contribution >= 0.6 is 23.1 Å². The molecule has 0 saturated carbocycles.